The van der Waals surface area contributed by atoms with Crippen LogP contribution < -0.4 is 9.80 Å². The Balaban J connectivity index is 1.57. The monoisotopic (exact) mass is 574 g/mol. The summed E-state index contributed by atoms with van der Waals surface area (Å²) < 4.78 is 81.4. The topological polar surface area (TPSA) is 58.0 Å². The number of alkyl halides is 6. The Morgan fingerprint density at radius 1 is 0.405 bits per heavy atom. The van der Waals surface area contributed by atoms with Gasteiger partial charge < -0.3 is 0 Å². The Morgan fingerprint density at radius 3 is 1.07 bits per heavy atom. The zero-order valence-corrected chi connectivity index (χ0v) is 21.2. The third kappa shape index (κ3) is 4.23. The van der Waals surface area contributed by atoms with E-state index in [1.54, 1.807) is 70.5 Å². The molecule has 3 heterocycles. The van der Waals surface area contributed by atoms with Crippen LogP contribution in [0.5, 0.6) is 0 Å². The van der Waals surface area contributed by atoms with Crippen LogP contribution >= 0.6 is 0 Å². The first kappa shape index (κ1) is 25.7. The van der Waals surface area contributed by atoms with Crippen molar-refractivity contribution in [2.45, 2.75) is 12.4 Å². The van der Waals surface area contributed by atoms with Gasteiger partial charge in [-0.3, -0.25) is 9.80 Å². The summed E-state index contributed by atoms with van der Waals surface area (Å²) in [5, 5.41) is 0. The van der Waals surface area contributed by atoms with Crippen molar-refractivity contribution in [1.29, 1.82) is 0 Å². The van der Waals surface area contributed by atoms with Gasteiger partial charge in [0, 0.05) is 11.4 Å². The third-order valence-corrected chi connectivity index (χ3v) is 6.79. The van der Waals surface area contributed by atoms with Crippen molar-refractivity contribution in [2.24, 2.45) is 0 Å². The predicted octanol–water partition coefficient (Wildman–Crippen LogP) is 8.86. The van der Waals surface area contributed by atoms with Gasteiger partial charge in [-0.1, -0.05) is 36.4 Å². The molecule has 6 nitrogen and oxygen atoms in total. The summed E-state index contributed by atoms with van der Waals surface area (Å²) in [5.74, 6) is 0.769. The molecule has 0 aliphatic carbocycles. The van der Waals surface area contributed by atoms with Crippen LogP contribution in [-0.4, -0.2) is 19.9 Å². The van der Waals surface area contributed by atoms with Gasteiger partial charge in [0.15, 0.2) is 23.3 Å². The van der Waals surface area contributed by atoms with E-state index >= 15 is 0 Å². The van der Waals surface area contributed by atoms with Crippen molar-refractivity contribution in [2.75, 3.05) is 9.80 Å². The van der Waals surface area contributed by atoms with Gasteiger partial charge in [-0.25, -0.2) is 19.9 Å². The van der Waals surface area contributed by atoms with Gasteiger partial charge in [0.1, 0.15) is 0 Å². The molecule has 1 aliphatic rings. The van der Waals surface area contributed by atoms with Crippen LogP contribution in [-0.2, 0) is 12.4 Å². The number of aromatic nitrogens is 4. The SMILES string of the molecule is FC(F)(F)c1ccc2nc3c(nc2c1)N(c1ccccc1)c1nc2ccc(C(F)(F)F)cc2nc1N3c1ccccc1. The summed E-state index contributed by atoms with van der Waals surface area (Å²) in [4.78, 5) is 21.9. The predicted molar refractivity (Wildman–Crippen MR) is 146 cm³/mol. The van der Waals surface area contributed by atoms with Crippen LogP contribution in [0.25, 0.3) is 22.1 Å². The van der Waals surface area contributed by atoms with Crippen LogP contribution in [0.2, 0.25) is 0 Å². The third-order valence-electron chi connectivity index (χ3n) is 6.79. The smallest absolute Gasteiger partial charge is 0.273 e. The zero-order chi connectivity index (χ0) is 29.2. The molecule has 12 heteroatoms. The van der Waals surface area contributed by atoms with E-state index in [2.05, 4.69) is 9.97 Å². The van der Waals surface area contributed by atoms with E-state index in [1.165, 1.54) is 12.1 Å². The fourth-order valence-corrected chi connectivity index (χ4v) is 4.87. The van der Waals surface area contributed by atoms with Gasteiger partial charge in [0.05, 0.1) is 33.2 Å². The van der Waals surface area contributed by atoms with E-state index in [-0.39, 0.29) is 45.3 Å². The normalized spacial score (nSPS) is 13.4. The molecule has 4 aromatic carbocycles. The maximum atomic E-state index is 13.6. The number of hydrogen-bond acceptors (Lipinski definition) is 6. The minimum Gasteiger partial charge on any atom is -0.273 e. The minimum atomic E-state index is -4.59. The first-order valence-corrected chi connectivity index (χ1v) is 12.6. The van der Waals surface area contributed by atoms with Crippen LogP contribution in [0, 0.1) is 0 Å². The van der Waals surface area contributed by atoms with E-state index in [9.17, 15) is 26.3 Å². The summed E-state index contributed by atoms with van der Waals surface area (Å²) >= 11 is 0. The Labute approximate surface area is 233 Å². The van der Waals surface area contributed by atoms with Crippen molar-refractivity contribution in [3.05, 3.63) is 108 Å². The van der Waals surface area contributed by atoms with Gasteiger partial charge in [-0.2, -0.15) is 26.3 Å². The van der Waals surface area contributed by atoms with E-state index in [0.29, 0.717) is 11.4 Å². The molecule has 0 spiro atoms. The van der Waals surface area contributed by atoms with Gasteiger partial charge in [0.25, 0.3) is 0 Å². The molecule has 1 aliphatic heterocycles. The van der Waals surface area contributed by atoms with E-state index in [4.69, 9.17) is 9.97 Å². The highest BCUT2D eigenvalue weighted by Crippen LogP contribution is 2.52. The lowest BCUT2D eigenvalue weighted by atomic mass is 10.1. The molecule has 0 saturated carbocycles. The van der Waals surface area contributed by atoms with Gasteiger partial charge >= 0.3 is 12.4 Å². The fraction of sp³-hybridized carbons (Fsp3) is 0.0667. The summed E-state index contributed by atoms with van der Waals surface area (Å²) in [6.45, 7) is 0. The van der Waals surface area contributed by atoms with E-state index in [1.807, 2.05) is 0 Å². The Morgan fingerprint density at radius 2 is 0.738 bits per heavy atom. The molecule has 6 aromatic rings. The van der Waals surface area contributed by atoms with Gasteiger partial charge in [-0.15, -0.1) is 0 Å². The lowest BCUT2D eigenvalue weighted by molar-refractivity contribution is -0.138. The maximum absolute atomic E-state index is 13.6. The van der Waals surface area contributed by atoms with E-state index in [0.717, 1.165) is 24.3 Å². The van der Waals surface area contributed by atoms with Gasteiger partial charge in [0.2, 0.25) is 0 Å². The molecule has 0 bridgehead atoms. The largest absolute Gasteiger partial charge is 0.416 e. The molecule has 208 valence electrons. The quantitative estimate of drug-likeness (QED) is 0.192. The summed E-state index contributed by atoms with van der Waals surface area (Å²) in [5.41, 5.74) is -0.271. The van der Waals surface area contributed by atoms with Crippen LogP contribution in [0.3, 0.4) is 0 Å². The average Bonchev–Trinajstić information content (AvgIpc) is 2.97. The minimum absolute atomic E-state index is 0.00420. The summed E-state index contributed by atoms with van der Waals surface area (Å²) in [6.07, 6.45) is -9.18. The Kier molecular flexibility index (Phi) is 5.58. The average molecular weight is 574 g/mol. The number of nitrogens with zero attached hydrogens (tertiary/aromatic N) is 6. The van der Waals surface area contributed by atoms with Crippen molar-refractivity contribution in [3.8, 4) is 0 Å². The highest BCUT2D eigenvalue weighted by atomic mass is 19.4. The maximum Gasteiger partial charge on any atom is 0.416 e. The number of para-hydroxylation sites is 2. The summed E-state index contributed by atoms with van der Waals surface area (Å²) in [6, 6.07) is 23.8. The standard InChI is InChI=1S/C30H16F6N6/c31-29(32,33)17-12-14-22-23(15-17)39-27-26(38-22)42(20-9-5-2-6-10-20)28-25(41(27)19-7-3-1-4-8-19)37-21-13-11-18(30(34,35)36)16-24(21)40-28/h1-16H. The van der Waals surface area contributed by atoms with Crippen molar-refractivity contribution in [1.82, 2.24) is 19.9 Å². The summed E-state index contributed by atoms with van der Waals surface area (Å²) in [7, 11) is 0. The first-order chi connectivity index (χ1) is 20.1. The van der Waals surface area contributed by atoms with Crippen LogP contribution in [0.4, 0.5) is 61.0 Å². The highest BCUT2D eigenvalue weighted by molar-refractivity contribution is 6.00. The van der Waals surface area contributed by atoms with Crippen LogP contribution in [0.1, 0.15) is 11.1 Å². The van der Waals surface area contributed by atoms with Crippen LogP contribution in [0.15, 0.2) is 97.1 Å². The number of halogens is 6. The lowest BCUT2D eigenvalue weighted by Crippen LogP contribution is -2.28. The molecule has 0 N–H and O–H groups in total. The number of anilines is 6. The molecule has 0 radical (unpaired) electrons. The molecule has 7 rings (SSSR count). The molecule has 0 amide bonds. The molecule has 0 saturated heterocycles. The molecule has 0 unspecified atom stereocenters. The second kappa shape index (κ2) is 9.13. The van der Waals surface area contributed by atoms with E-state index < -0.39 is 23.5 Å². The van der Waals surface area contributed by atoms with Crippen molar-refractivity contribution >= 4 is 56.7 Å². The Hall–Kier alpha value is -5.26. The molecule has 0 atom stereocenters. The number of fused-ring (bicyclic) bond motifs is 4. The zero-order valence-electron chi connectivity index (χ0n) is 21.2. The second-order valence-electron chi connectivity index (χ2n) is 9.49. The lowest BCUT2D eigenvalue weighted by Gasteiger charge is -2.36. The molecular formula is C30H16F6N6. The number of hydrogen-bond donors (Lipinski definition) is 0. The van der Waals surface area contributed by atoms with Crippen molar-refractivity contribution in [3.63, 3.8) is 0 Å². The van der Waals surface area contributed by atoms with Gasteiger partial charge in [-0.05, 0) is 60.7 Å². The molecule has 42 heavy (non-hydrogen) atoms. The molecule has 2 aromatic heterocycles. The van der Waals surface area contributed by atoms with Crippen molar-refractivity contribution < 1.29 is 26.3 Å². The Bertz CT molecular complexity index is 1830. The highest BCUT2D eigenvalue weighted by Gasteiger charge is 2.38. The first-order valence-electron chi connectivity index (χ1n) is 12.6. The fourth-order valence-electron chi connectivity index (χ4n) is 4.87. The molecular weight excluding hydrogens is 558 g/mol. The number of rotatable bonds is 2. The number of benzene rings is 4. The second-order valence-corrected chi connectivity index (χ2v) is 9.49. The molecule has 0 fully saturated rings.